The largest absolute Gasteiger partial charge is 0.469 e. The smallest absolute Gasteiger partial charge is 0.308 e. The van der Waals surface area contributed by atoms with Crippen LogP contribution < -0.4 is 0 Å². The highest BCUT2D eigenvalue weighted by Crippen LogP contribution is 2.44. The molecule has 0 aromatic rings. The van der Waals surface area contributed by atoms with Gasteiger partial charge in [0.05, 0.1) is 19.6 Å². The SMILES string of the molecule is COC(=O)C[C@H](O)C1CCSC1(C)C. The van der Waals surface area contributed by atoms with Crippen molar-refractivity contribution in [2.75, 3.05) is 12.9 Å². The first kappa shape index (κ1) is 11.9. The predicted octanol–water partition coefficient (Wildman–Crippen LogP) is 1.44. The Balaban J connectivity index is 2.52. The minimum atomic E-state index is -0.563. The minimum absolute atomic E-state index is 0.0768. The van der Waals surface area contributed by atoms with Crippen LogP contribution in [0.3, 0.4) is 0 Å². The zero-order valence-electron chi connectivity index (χ0n) is 8.95. The molecule has 0 aromatic carbocycles. The molecule has 0 spiro atoms. The van der Waals surface area contributed by atoms with E-state index in [9.17, 15) is 9.90 Å². The number of carbonyl (C=O) groups is 1. The lowest BCUT2D eigenvalue weighted by molar-refractivity contribution is -0.143. The summed E-state index contributed by atoms with van der Waals surface area (Å²) in [7, 11) is 1.35. The van der Waals surface area contributed by atoms with E-state index in [1.54, 1.807) is 0 Å². The first-order valence-corrected chi connectivity index (χ1v) is 5.85. The molecular weight excluding hydrogens is 200 g/mol. The van der Waals surface area contributed by atoms with Crippen LogP contribution in [0.25, 0.3) is 0 Å². The van der Waals surface area contributed by atoms with Crippen LogP contribution in [0.2, 0.25) is 0 Å². The first-order chi connectivity index (χ1) is 6.47. The zero-order valence-corrected chi connectivity index (χ0v) is 9.76. The molecule has 1 fully saturated rings. The summed E-state index contributed by atoms with van der Waals surface area (Å²) in [6.45, 7) is 4.24. The van der Waals surface area contributed by atoms with E-state index in [0.29, 0.717) is 0 Å². The molecule has 1 aliphatic rings. The van der Waals surface area contributed by atoms with Crippen molar-refractivity contribution in [1.82, 2.24) is 0 Å². The van der Waals surface area contributed by atoms with E-state index in [2.05, 4.69) is 18.6 Å². The van der Waals surface area contributed by atoms with E-state index >= 15 is 0 Å². The highest BCUT2D eigenvalue weighted by molar-refractivity contribution is 8.00. The molecule has 1 rings (SSSR count). The third-order valence-electron chi connectivity index (χ3n) is 2.86. The average Bonchev–Trinajstić information content (AvgIpc) is 2.45. The van der Waals surface area contributed by atoms with Gasteiger partial charge in [-0.2, -0.15) is 11.8 Å². The van der Waals surface area contributed by atoms with Gasteiger partial charge in [0.2, 0.25) is 0 Å². The number of hydrogen-bond donors (Lipinski definition) is 1. The van der Waals surface area contributed by atoms with Gasteiger partial charge in [-0.3, -0.25) is 4.79 Å². The van der Waals surface area contributed by atoms with Crippen LogP contribution >= 0.6 is 11.8 Å². The Morgan fingerprint density at radius 3 is 2.79 bits per heavy atom. The average molecular weight is 218 g/mol. The minimum Gasteiger partial charge on any atom is -0.469 e. The molecule has 0 saturated carbocycles. The maximum atomic E-state index is 11.0. The normalized spacial score (nSPS) is 27.3. The van der Waals surface area contributed by atoms with E-state index in [0.717, 1.165) is 12.2 Å². The number of rotatable bonds is 3. The van der Waals surface area contributed by atoms with E-state index in [-0.39, 0.29) is 23.1 Å². The molecule has 1 saturated heterocycles. The molecule has 1 N–H and O–H groups in total. The molecule has 82 valence electrons. The topological polar surface area (TPSA) is 46.5 Å². The quantitative estimate of drug-likeness (QED) is 0.728. The standard InChI is InChI=1S/C10H18O3S/c1-10(2)7(4-5-14-10)8(11)6-9(12)13-3/h7-8,11H,4-6H2,1-3H3/t7?,8-/m0/s1. The van der Waals surface area contributed by atoms with Crippen LogP contribution in [0.1, 0.15) is 26.7 Å². The van der Waals surface area contributed by atoms with E-state index in [1.165, 1.54) is 7.11 Å². The lowest BCUT2D eigenvalue weighted by atomic mass is 9.86. The van der Waals surface area contributed by atoms with Crippen LogP contribution in [-0.4, -0.2) is 34.8 Å². The van der Waals surface area contributed by atoms with Gasteiger partial charge in [-0.05, 0) is 12.2 Å². The maximum Gasteiger partial charge on any atom is 0.308 e. The van der Waals surface area contributed by atoms with Crippen molar-refractivity contribution in [3.8, 4) is 0 Å². The third-order valence-corrected chi connectivity index (χ3v) is 4.35. The summed E-state index contributed by atoms with van der Waals surface area (Å²) in [5.41, 5.74) is 0. The molecular formula is C10H18O3S. The second-order valence-electron chi connectivity index (χ2n) is 4.19. The van der Waals surface area contributed by atoms with Crippen molar-refractivity contribution < 1.29 is 14.6 Å². The van der Waals surface area contributed by atoms with Gasteiger partial charge < -0.3 is 9.84 Å². The van der Waals surface area contributed by atoms with Crippen molar-refractivity contribution in [1.29, 1.82) is 0 Å². The van der Waals surface area contributed by atoms with E-state index in [4.69, 9.17) is 0 Å². The molecule has 1 aliphatic heterocycles. The fourth-order valence-corrected chi connectivity index (χ4v) is 3.34. The molecule has 2 atom stereocenters. The van der Waals surface area contributed by atoms with Gasteiger partial charge in [0.25, 0.3) is 0 Å². The number of methoxy groups -OCH3 is 1. The van der Waals surface area contributed by atoms with Gasteiger partial charge in [-0.1, -0.05) is 13.8 Å². The summed E-state index contributed by atoms with van der Waals surface area (Å²) in [5.74, 6) is 0.937. The monoisotopic (exact) mass is 218 g/mol. The Bertz CT molecular complexity index is 215. The molecule has 3 nitrogen and oxygen atoms in total. The molecule has 0 radical (unpaired) electrons. The summed E-state index contributed by atoms with van der Waals surface area (Å²) < 4.78 is 4.62. The first-order valence-electron chi connectivity index (χ1n) is 4.86. The molecule has 0 aromatic heterocycles. The van der Waals surface area contributed by atoms with Gasteiger partial charge in [-0.25, -0.2) is 0 Å². The number of esters is 1. The fourth-order valence-electron chi connectivity index (χ4n) is 1.96. The fraction of sp³-hybridized carbons (Fsp3) is 0.900. The lowest BCUT2D eigenvalue weighted by Crippen LogP contribution is -2.34. The van der Waals surface area contributed by atoms with E-state index in [1.807, 2.05) is 11.8 Å². The Morgan fingerprint density at radius 1 is 1.71 bits per heavy atom. The van der Waals surface area contributed by atoms with Crippen LogP contribution in [0.4, 0.5) is 0 Å². The molecule has 1 heterocycles. The van der Waals surface area contributed by atoms with Crippen molar-refractivity contribution in [2.45, 2.75) is 37.5 Å². The molecule has 0 bridgehead atoms. The maximum absolute atomic E-state index is 11.0. The van der Waals surface area contributed by atoms with Crippen LogP contribution in [0.5, 0.6) is 0 Å². The van der Waals surface area contributed by atoms with Crippen LogP contribution in [-0.2, 0) is 9.53 Å². The second kappa shape index (κ2) is 4.53. The number of hydrogen-bond acceptors (Lipinski definition) is 4. The number of ether oxygens (including phenoxy) is 1. The van der Waals surface area contributed by atoms with E-state index < -0.39 is 6.10 Å². The summed E-state index contributed by atoms with van der Waals surface area (Å²) in [4.78, 5) is 11.0. The number of thioether (sulfide) groups is 1. The Morgan fingerprint density at radius 2 is 2.36 bits per heavy atom. The molecule has 0 aliphatic carbocycles. The number of aliphatic hydroxyl groups is 1. The van der Waals surface area contributed by atoms with Crippen molar-refractivity contribution in [2.24, 2.45) is 5.92 Å². The molecule has 1 unspecified atom stereocenters. The third kappa shape index (κ3) is 2.64. The van der Waals surface area contributed by atoms with Crippen LogP contribution in [0.15, 0.2) is 0 Å². The van der Waals surface area contributed by atoms with Crippen molar-refractivity contribution in [3.05, 3.63) is 0 Å². The molecule has 4 heteroatoms. The second-order valence-corrected chi connectivity index (χ2v) is 5.94. The summed E-state index contributed by atoms with van der Waals surface area (Å²) in [6.07, 6.45) is 0.536. The zero-order chi connectivity index (χ0) is 10.8. The highest BCUT2D eigenvalue weighted by atomic mass is 32.2. The highest BCUT2D eigenvalue weighted by Gasteiger charge is 2.40. The summed E-state index contributed by atoms with van der Waals surface area (Å²) in [5, 5.41) is 9.87. The van der Waals surface area contributed by atoms with Crippen molar-refractivity contribution in [3.63, 3.8) is 0 Å². The Kier molecular flexibility index (Phi) is 3.84. The van der Waals surface area contributed by atoms with Gasteiger partial charge in [0.15, 0.2) is 0 Å². The summed E-state index contributed by atoms with van der Waals surface area (Å²) >= 11 is 1.86. The Labute approximate surface area is 89.2 Å². The summed E-state index contributed by atoms with van der Waals surface area (Å²) in [6, 6.07) is 0. The van der Waals surface area contributed by atoms with Gasteiger partial charge in [0.1, 0.15) is 0 Å². The molecule has 14 heavy (non-hydrogen) atoms. The number of carbonyl (C=O) groups excluding carboxylic acids is 1. The predicted molar refractivity (Wildman–Crippen MR) is 57.3 cm³/mol. The lowest BCUT2D eigenvalue weighted by Gasteiger charge is -2.29. The van der Waals surface area contributed by atoms with Crippen LogP contribution in [0, 0.1) is 5.92 Å². The molecule has 0 amide bonds. The van der Waals surface area contributed by atoms with Gasteiger partial charge in [-0.15, -0.1) is 0 Å². The van der Waals surface area contributed by atoms with Crippen molar-refractivity contribution >= 4 is 17.7 Å². The van der Waals surface area contributed by atoms with Gasteiger partial charge in [0, 0.05) is 10.7 Å². The number of aliphatic hydroxyl groups excluding tert-OH is 1. The van der Waals surface area contributed by atoms with Gasteiger partial charge >= 0.3 is 5.97 Å². The Hall–Kier alpha value is -0.220.